The maximum atomic E-state index is 12.2. The van der Waals surface area contributed by atoms with E-state index in [9.17, 15) is 4.79 Å². The van der Waals surface area contributed by atoms with Crippen molar-refractivity contribution in [3.63, 3.8) is 0 Å². The largest absolute Gasteiger partial charge is 0.497 e. The molecule has 0 unspecified atom stereocenters. The fourth-order valence-electron chi connectivity index (χ4n) is 3.31. The van der Waals surface area contributed by atoms with Gasteiger partial charge in [0.1, 0.15) is 11.5 Å². The summed E-state index contributed by atoms with van der Waals surface area (Å²) in [5.74, 6) is 0.836. The Bertz CT molecular complexity index is 1180. The molecular weight excluding hydrogens is 394 g/mol. The second kappa shape index (κ2) is 9.08. The van der Waals surface area contributed by atoms with Crippen molar-refractivity contribution < 1.29 is 14.3 Å². The first-order chi connectivity index (χ1) is 15.2. The third kappa shape index (κ3) is 4.53. The second-order valence-electron chi connectivity index (χ2n) is 6.81. The molecule has 8 nitrogen and oxygen atoms in total. The van der Waals surface area contributed by atoms with E-state index in [4.69, 9.17) is 15.2 Å². The lowest BCUT2D eigenvalue weighted by Crippen LogP contribution is -2.14. The van der Waals surface area contributed by atoms with Crippen LogP contribution in [0.1, 0.15) is 15.9 Å². The summed E-state index contributed by atoms with van der Waals surface area (Å²) >= 11 is 0. The number of benzene rings is 3. The van der Waals surface area contributed by atoms with Gasteiger partial charge in [0.2, 0.25) is 5.82 Å². The predicted molar refractivity (Wildman–Crippen MR) is 116 cm³/mol. The quantitative estimate of drug-likeness (QED) is 0.456. The minimum Gasteiger partial charge on any atom is -0.497 e. The van der Waals surface area contributed by atoms with Crippen molar-refractivity contribution in [3.8, 4) is 34.0 Å². The number of aromatic amines is 1. The highest BCUT2D eigenvalue weighted by molar-refractivity contribution is 5.99. The van der Waals surface area contributed by atoms with E-state index in [1.807, 2.05) is 54.6 Å². The van der Waals surface area contributed by atoms with E-state index in [1.165, 1.54) is 0 Å². The van der Waals surface area contributed by atoms with Crippen molar-refractivity contribution in [1.29, 1.82) is 0 Å². The highest BCUT2D eigenvalue weighted by Gasteiger charge is 2.20. The number of H-pyrrole nitrogens is 1. The number of nitrogens with zero attached hydrogens (tertiary/aromatic N) is 3. The van der Waals surface area contributed by atoms with E-state index >= 15 is 0 Å². The molecular formula is C23H21N5O3. The van der Waals surface area contributed by atoms with Gasteiger partial charge in [-0.25, -0.2) is 0 Å². The molecule has 156 valence electrons. The number of nitrogens with one attached hydrogen (secondary N) is 1. The first-order valence-electron chi connectivity index (χ1n) is 9.68. The summed E-state index contributed by atoms with van der Waals surface area (Å²) in [6, 6.07) is 20.9. The lowest BCUT2D eigenvalue weighted by Gasteiger charge is -2.15. The number of primary amides is 1. The molecule has 3 aromatic carbocycles. The van der Waals surface area contributed by atoms with Crippen LogP contribution in [-0.2, 0) is 6.42 Å². The highest BCUT2D eigenvalue weighted by atomic mass is 16.5. The van der Waals surface area contributed by atoms with E-state index in [1.54, 1.807) is 19.2 Å². The number of ether oxygens (including phenoxy) is 2. The summed E-state index contributed by atoms with van der Waals surface area (Å²) < 4.78 is 11.4. The van der Waals surface area contributed by atoms with Gasteiger partial charge in [0.05, 0.1) is 19.3 Å². The lowest BCUT2D eigenvalue weighted by atomic mass is 9.95. The van der Waals surface area contributed by atoms with Gasteiger partial charge in [0.15, 0.2) is 0 Å². The molecule has 1 heterocycles. The van der Waals surface area contributed by atoms with Crippen LogP contribution in [0.2, 0.25) is 0 Å². The van der Waals surface area contributed by atoms with E-state index < -0.39 is 5.91 Å². The summed E-state index contributed by atoms with van der Waals surface area (Å²) in [4.78, 5) is 12.2. The fourth-order valence-corrected chi connectivity index (χ4v) is 3.31. The topological polar surface area (TPSA) is 116 Å². The number of nitrogens with two attached hydrogens (primary N) is 1. The number of hydrogen-bond donors (Lipinski definition) is 2. The average molecular weight is 415 g/mol. The molecule has 0 aliphatic carbocycles. The molecule has 31 heavy (non-hydrogen) atoms. The number of tetrazole rings is 1. The van der Waals surface area contributed by atoms with Crippen LogP contribution in [0.25, 0.3) is 22.5 Å². The van der Waals surface area contributed by atoms with Crippen molar-refractivity contribution in [3.05, 3.63) is 77.9 Å². The van der Waals surface area contributed by atoms with E-state index in [0.29, 0.717) is 35.9 Å². The van der Waals surface area contributed by atoms with Gasteiger partial charge >= 0.3 is 0 Å². The third-order valence-corrected chi connectivity index (χ3v) is 4.84. The van der Waals surface area contributed by atoms with Crippen LogP contribution in [0.15, 0.2) is 66.7 Å². The molecule has 1 aromatic heterocycles. The van der Waals surface area contributed by atoms with Crippen LogP contribution in [0.3, 0.4) is 0 Å². The molecule has 0 bridgehead atoms. The second-order valence-corrected chi connectivity index (χ2v) is 6.81. The summed E-state index contributed by atoms with van der Waals surface area (Å²) in [6.07, 6.45) is 0.695. The number of carbonyl (C=O) groups is 1. The van der Waals surface area contributed by atoms with Gasteiger partial charge in [0.25, 0.3) is 5.91 Å². The Hall–Kier alpha value is -4.20. The van der Waals surface area contributed by atoms with Gasteiger partial charge in [0, 0.05) is 12.0 Å². The molecule has 1 amide bonds. The summed E-state index contributed by atoms with van der Waals surface area (Å²) in [7, 11) is 1.60. The van der Waals surface area contributed by atoms with Crippen LogP contribution in [0, 0.1) is 0 Å². The third-order valence-electron chi connectivity index (χ3n) is 4.84. The van der Waals surface area contributed by atoms with Crippen LogP contribution < -0.4 is 15.2 Å². The molecule has 0 aliphatic heterocycles. The first kappa shape index (κ1) is 20.1. The molecule has 0 radical (unpaired) electrons. The van der Waals surface area contributed by atoms with Crippen molar-refractivity contribution in [2.75, 3.05) is 13.7 Å². The van der Waals surface area contributed by atoms with Gasteiger partial charge in [-0.2, -0.15) is 5.21 Å². The van der Waals surface area contributed by atoms with Crippen molar-refractivity contribution in [2.45, 2.75) is 6.42 Å². The molecule has 0 fully saturated rings. The summed E-state index contributed by atoms with van der Waals surface area (Å²) in [5.41, 5.74) is 9.26. The Kier molecular flexibility index (Phi) is 5.89. The molecule has 3 N–H and O–H groups in total. The zero-order valence-corrected chi connectivity index (χ0v) is 16.9. The summed E-state index contributed by atoms with van der Waals surface area (Å²) in [6.45, 7) is 0.392. The SMILES string of the molecule is COc1cccc(-c2cc(OCCc3ccccc3)c(C(N)=O)cc2-c2nn[nH]n2)c1. The molecule has 0 atom stereocenters. The molecule has 0 spiro atoms. The lowest BCUT2D eigenvalue weighted by molar-refractivity contribution is 0.0996. The summed E-state index contributed by atoms with van der Waals surface area (Å²) in [5, 5.41) is 14.2. The molecule has 0 saturated heterocycles. The highest BCUT2D eigenvalue weighted by Crippen LogP contribution is 2.37. The number of carbonyl (C=O) groups excluding carboxylic acids is 1. The van der Waals surface area contributed by atoms with E-state index in [-0.39, 0.29) is 5.56 Å². The smallest absolute Gasteiger partial charge is 0.252 e. The first-order valence-corrected chi connectivity index (χ1v) is 9.68. The molecule has 4 rings (SSSR count). The van der Waals surface area contributed by atoms with Gasteiger partial charge in [-0.1, -0.05) is 42.5 Å². The van der Waals surface area contributed by atoms with Crippen molar-refractivity contribution in [2.24, 2.45) is 5.73 Å². The van der Waals surface area contributed by atoms with Crippen molar-refractivity contribution >= 4 is 5.91 Å². The minimum atomic E-state index is -0.600. The monoisotopic (exact) mass is 415 g/mol. The maximum absolute atomic E-state index is 12.2. The van der Waals surface area contributed by atoms with E-state index in [0.717, 1.165) is 16.7 Å². The van der Waals surface area contributed by atoms with Gasteiger partial charge in [-0.3, -0.25) is 4.79 Å². The van der Waals surface area contributed by atoms with Gasteiger partial charge in [-0.05, 0) is 46.2 Å². The Labute approximate surface area is 179 Å². The van der Waals surface area contributed by atoms with Crippen LogP contribution >= 0.6 is 0 Å². The van der Waals surface area contributed by atoms with Gasteiger partial charge < -0.3 is 15.2 Å². The number of rotatable bonds is 8. The van der Waals surface area contributed by atoms with Crippen LogP contribution in [-0.4, -0.2) is 40.2 Å². The van der Waals surface area contributed by atoms with Crippen molar-refractivity contribution in [1.82, 2.24) is 20.6 Å². The number of hydrogen-bond acceptors (Lipinski definition) is 6. The molecule has 0 saturated carbocycles. The Morgan fingerprint density at radius 2 is 1.87 bits per heavy atom. The number of amides is 1. The minimum absolute atomic E-state index is 0.250. The molecule has 8 heteroatoms. The van der Waals surface area contributed by atoms with Gasteiger partial charge in [-0.15, -0.1) is 10.2 Å². The van der Waals surface area contributed by atoms with E-state index in [2.05, 4.69) is 20.6 Å². The van der Waals surface area contributed by atoms with Crippen LogP contribution in [0.4, 0.5) is 0 Å². The number of methoxy groups -OCH3 is 1. The predicted octanol–water partition coefficient (Wildman–Crippen LogP) is 3.26. The maximum Gasteiger partial charge on any atom is 0.252 e. The standard InChI is InChI=1S/C23H21N5O3/c1-30-17-9-5-8-16(12-17)18-14-21(31-11-10-15-6-3-2-4-7-15)20(22(24)29)13-19(18)23-25-27-28-26-23/h2-9,12-14H,10-11H2,1H3,(H2,24,29)(H,25,26,27,28). The average Bonchev–Trinajstić information content (AvgIpc) is 3.34. The Morgan fingerprint density at radius 3 is 2.58 bits per heavy atom. The molecule has 4 aromatic rings. The Morgan fingerprint density at radius 1 is 1.03 bits per heavy atom. The zero-order chi connectivity index (χ0) is 21.6. The number of aromatic nitrogens is 4. The van der Waals surface area contributed by atoms with Crippen LogP contribution in [0.5, 0.6) is 11.5 Å². The zero-order valence-electron chi connectivity index (χ0n) is 16.9. The molecule has 0 aliphatic rings. The fraction of sp³-hybridized carbons (Fsp3) is 0.130. The normalized spacial score (nSPS) is 10.6. The Balaban J connectivity index is 1.76.